The normalized spacial score (nSPS) is 11.9. The van der Waals surface area contributed by atoms with E-state index in [0.717, 1.165) is 5.56 Å². The number of carbonyl (C=O) groups excluding carboxylic acids is 1. The summed E-state index contributed by atoms with van der Waals surface area (Å²) in [6.45, 7) is 2.08. The number of amides is 2. The summed E-state index contributed by atoms with van der Waals surface area (Å²) in [7, 11) is 0. The van der Waals surface area contributed by atoms with E-state index in [4.69, 9.17) is 9.63 Å². The van der Waals surface area contributed by atoms with Crippen molar-refractivity contribution in [3.8, 4) is 11.3 Å². The average Bonchev–Trinajstić information content (AvgIpc) is 3.00. The van der Waals surface area contributed by atoms with Gasteiger partial charge < -0.3 is 20.3 Å². The van der Waals surface area contributed by atoms with Gasteiger partial charge in [-0.25, -0.2) is 4.79 Å². The van der Waals surface area contributed by atoms with Gasteiger partial charge in [0.2, 0.25) is 0 Å². The number of rotatable bonds is 6. The van der Waals surface area contributed by atoms with Crippen molar-refractivity contribution in [1.82, 2.24) is 15.8 Å². The van der Waals surface area contributed by atoms with Crippen molar-refractivity contribution in [3.63, 3.8) is 0 Å². The summed E-state index contributed by atoms with van der Waals surface area (Å²) in [4.78, 5) is 11.6. The first-order valence-corrected chi connectivity index (χ1v) is 6.89. The van der Waals surface area contributed by atoms with Crippen LogP contribution < -0.4 is 10.6 Å². The van der Waals surface area contributed by atoms with E-state index < -0.39 is 0 Å². The Morgan fingerprint density at radius 3 is 2.81 bits per heavy atom. The van der Waals surface area contributed by atoms with Gasteiger partial charge in [0.1, 0.15) is 5.69 Å². The highest BCUT2D eigenvalue weighted by atomic mass is 16.5. The molecule has 0 spiro atoms. The molecule has 2 aromatic rings. The molecule has 0 saturated heterocycles. The lowest BCUT2D eigenvalue weighted by Crippen LogP contribution is -2.43. The molecule has 1 unspecified atom stereocenters. The maximum Gasteiger partial charge on any atom is 0.315 e. The molecule has 21 heavy (non-hydrogen) atoms. The van der Waals surface area contributed by atoms with Crippen LogP contribution in [0.15, 0.2) is 40.9 Å². The largest absolute Gasteiger partial charge is 0.394 e. The summed E-state index contributed by atoms with van der Waals surface area (Å²) in [5.74, 6) is 0.662. The van der Waals surface area contributed by atoms with Crippen molar-refractivity contribution in [2.24, 2.45) is 0 Å². The Kier molecular flexibility index (Phi) is 5.34. The zero-order chi connectivity index (χ0) is 15.1. The van der Waals surface area contributed by atoms with Crippen molar-refractivity contribution < 1.29 is 14.4 Å². The second-order valence-electron chi connectivity index (χ2n) is 4.66. The summed E-state index contributed by atoms with van der Waals surface area (Å²) in [6.07, 6.45) is 0.673. The first kappa shape index (κ1) is 15.1. The Balaban J connectivity index is 1.87. The Morgan fingerprint density at radius 2 is 2.14 bits per heavy atom. The van der Waals surface area contributed by atoms with Crippen molar-refractivity contribution in [2.45, 2.75) is 25.9 Å². The van der Waals surface area contributed by atoms with Gasteiger partial charge in [0.25, 0.3) is 0 Å². The number of aliphatic hydroxyl groups excluding tert-OH is 1. The lowest BCUT2D eigenvalue weighted by Gasteiger charge is -2.13. The number of aromatic nitrogens is 1. The van der Waals surface area contributed by atoms with Gasteiger partial charge in [0.05, 0.1) is 19.2 Å². The highest BCUT2D eigenvalue weighted by molar-refractivity contribution is 5.74. The molecule has 6 nitrogen and oxygen atoms in total. The second kappa shape index (κ2) is 7.44. The number of nitrogens with zero attached hydrogens (tertiary/aromatic N) is 1. The third kappa shape index (κ3) is 4.32. The molecule has 0 bridgehead atoms. The first-order valence-electron chi connectivity index (χ1n) is 6.89. The van der Waals surface area contributed by atoms with Crippen LogP contribution in [0.2, 0.25) is 0 Å². The summed E-state index contributed by atoms with van der Waals surface area (Å²) < 4.78 is 5.24. The Bertz CT molecular complexity index is 565. The summed E-state index contributed by atoms with van der Waals surface area (Å²) in [5, 5.41) is 18.3. The van der Waals surface area contributed by atoms with E-state index >= 15 is 0 Å². The van der Waals surface area contributed by atoms with Gasteiger partial charge in [-0.15, -0.1) is 0 Å². The van der Waals surface area contributed by atoms with Crippen LogP contribution in [0.1, 0.15) is 19.0 Å². The van der Waals surface area contributed by atoms with Gasteiger partial charge >= 0.3 is 6.03 Å². The minimum absolute atomic E-state index is 0.0773. The molecule has 1 heterocycles. The van der Waals surface area contributed by atoms with Crippen LogP contribution in [0.25, 0.3) is 11.3 Å². The highest BCUT2D eigenvalue weighted by Crippen LogP contribution is 2.19. The number of aliphatic hydroxyl groups is 1. The molecular formula is C15H19N3O3. The van der Waals surface area contributed by atoms with Gasteiger partial charge in [0, 0.05) is 11.6 Å². The zero-order valence-corrected chi connectivity index (χ0v) is 11.9. The minimum atomic E-state index is -0.333. The topological polar surface area (TPSA) is 87.4 Å². The molecule has 0 saturated carbocycles. The SMILES string of the molecule is CCC(CO)NC(=O)NCc1cc(-c2ccccc2)on1. The fourth-order valence-electron chi connectivity index (χ4n) is 1.82. The van der Waals surface area contributed by atoms with E-state index in [9.17, 15) is 4.79 Å². The van der Waals surface area contributed by atoms with Crippen molar-refractivity contribution in [1.29, 1.82) is 0 Å². The maximum atomic E-state index is 11.6. The van der Waals surface area contributed by atoms with E-state index in [1.165, 1.54) is 0 Å². The molecule has 1 aromatic carbocycles. The molecule has 1 aromatic heterocycles. The van der Waals surface area contributed by atoms with E-state index in [-0.39, 0.29) is 25.2 Å². The van der Waals surface area contributed by atoms with Crippen LogP contribution in [0, 0.1) is 0 Å². The summed E-state index contributed by atoms with van der Waals surface area (Å²) >= 11 is 0. The Hall–Kier alpha value is -2.34. The minimum Gasteiger partial charge on any atom is -0.394 e. The summed E-state index contributed by atoms with van der Waals surface area (Å²) in [5.41, 5.74) is 1.58. The van der Waals surface area contributed by atoms with E-state index in [0.29, 0.717) is 17.9 Å². The number of benzene rings is 1. The standard InChI is InChI=1S/C15H19N3O3/c1-2-12(10-19)17-15(20)16-9-13-8-14(21-18-13)11-6-4-3-5-7-11/h3-8,12,19H,2,9-10H2,1H3,(H2,16,17,20). The lowest BCUT2D eigenvalue weighted by molar-refractivity contribution is 0.214. The number of carbonyl (C=O) groups is 1. The molecule has 0 aliphatic rings. The number of urea groups is 1. The maximum absolute atomic E-state index is 11.6. The molecule has 0 aliphatic carbocycles. The predicted molar refractivity (Wildman–Crippen MR) is 78.5 cm³/mol. The number of hydrogen-bond acceptors (Lipinski definition) is 4. The van der Waals surface area contributed by atoms with E-state index in [2.05, 4.69) is 15.8 Å². The van der Waals surface area contributed by atoms with Crippen LogP contribution in [0.4, 0.5) is 4.79 Å². The fourth-order valence-corrected chi connectivity index (χ4v) is 1.82. The van der Waals surface area contributed by atoms with Crippen molar-refractivity contribution in [3.05, 3.63) is 42.1 Å². The lowest BCUT2D eigenvalue weighted by atomic mass is 10.2. The quantitative estimate of drug-likeness (QED) is 0.758. The van der Waals surface area contributed by atoms with Gasteiger partial charge in [-0.2, -0.15) is 0 Å². The highest BCUT2D eigenvalue weighted by Gasteiger charge is 2.10. The smallest absolute Gasteiger partial charge is 0.315 e. The molecule has 112 valence electrons. The molecule has 0 radical (unpaired) electrons. The summed E-state index contributed by atoms with van der Waals surface area (Å²) in [6, 6.07) is 10.8. The van der Waals surface area contributed by atoms with E-state index in [1.807, 2.05) is 37.3 Å². The molecular weight excluding hydrogens is 270 g/mol. The first-order chi connectivity index (χ1) is 10.2. The van der Waals surface area contributed by atoms with E-state index in [1.54, 1.807) is 6.07 Å². The second-order valence-corrected chi connectivity index (χ2v) is 4.66. The average molecular weight is 289 g/mol. The van der Waals surface area contributed by atoms with Crippen LogP contribution in [-0.2, 0) is 6.54 Å². The van der Waals surface area contributed by atoms with Gasteiger partial charge in [-0.05, 0) is 6.42 Å². The monoisotopic (exact) mass is 289 g/mol. The zero-order valence-electron chi connectivity index (χ0n) is 11.9. The fraction of sp³-hybridized carbons (Fsp3) is 0.333. The molecule has 6 heteroatoms. The van der Waals surface area contributed by atoms with Gasteiger partial charge in [-0.3, -0.25) is 0 Å². The molecule has 0 fully saturated rings. The van der Waals surface area contributed by atoms with Gasteiger partial charge in [0.15, 0.2) is 5.76 Å². The van der Waals surface area contributed by atoms with Crippen LogP contribution in [-0.4, -0.2) is 28.9 Å². The van der Waals surface area contributed by atoms with Crippen LogP contribution >= 0.6 is 0 Å². The molecule has 2 amide bonds. The Labute approximate surface area is 123 Å². The van der Waals surface area contributed by atoms with Crippen molar-refractivity contribution >= 4 is 6.03 Å². The molecule has 1 atom stereocenters. The van der Waals surface area contributed by atoms with Crippen LogP contribution in [0.5, 0.6) is 0 Å². The third-order valence-electron chi connectivity index (χ3n) is 3.10. The third-order valence-corrected chi connectivity index (χ3v) is 3.10. The van der Waals surface area contributed by atoms with Crippen LogP contribution in [0.3, 0.4) is 0 Å². The predicted octanol–water partition coefficient (Wildman–Crippen LogP) is 1.91. The van der Waals surface area contributed by atoms with Gasteiger partial charge in [-0.1, -0.05) is 42.4 Å². The number of nitrogens with one attached hydrogen (secondary N) is 2. The molecule has 2 rings (SSSR count). The molecule has 0 aliphatic heterocycles. The Morgan fingerprint density at radius 1 is 1.38 bits per heavy atom. The van der Waals surface area contributed by atoms with Crippen molar-refractivity contribution in [2.75, 3.05) is 6.61 Å². The molecule has 3 N–H and O–H groups in total. The number of hydrogen-bond donors (Lipinski definition) is 3.